The molecule has 0 bridgehead atoms. The van der Waals surface area contributed by atoms with E-state index in [1.807, 2.05) is 0 Å². The summed E-state index contributed by atoms with van der Waals surface area (Å²) in [4.78, 5) is 11.4. The molecule has 0 atom stereocenters. The largest absolute Gasteiger partial charge is 0.573 e. The summed E-state index contributed by atoms with van der Waals surface area (Å²) >= 11 is 0. The zero-order valence-corrected chi connectivity index (χ0v) is 10.9. The minimum Gasteiger partial charge on any atom is -0.466 e. The fourth-order valence-electron chi connectivity index (χ4n) is 1.59. The summed E-state index contributed by atoms with van der Waals surface area (Å²) in [5.41, 5.74) is 0.394. The number of nitrogens with zero attached hydrogens (tertiary/aromatic N) is 1. The maximum atomic E-state index is 12.3. The van der Waals surface area contributed by atoms with Gasteiger partial charge in [-0.05, 0) is 37.1 Å². The second-order valence-corrected chi connectivity index (χ2v) is 3.90. The lowest BCUT2D eigenvalue weighted by Crippen LogP contribution is -2.18. The Labute approximate surface area is 113 Å². The molecule has 20 heavy (non-hydrogen) atoms. The Hall–Kier alpha value is -2.23. The topological polar surface area (TPSA) is 59.3 Å². The van der Waals surface area contributed by atoms with Gasteiger partial charge >= 0.3 is 12.3 Å². The molecule has 108 valence electrons. The standard InChI is InChI=1S/C13H12F3NO3/c1-3-19-12(18)6-10-4-9(7-17)5-11(8(10)2)20-13(14,15)16/h4-5H,3,6H2,1-2H3. The van der Waals surface area contributed by atoms with Crippen LogP contribution in [-0.2, 0) is 16.0 Å². The van der Waals surface area contributed by atoms with E-state index in [1.165, 1.54) is 13.0 Å². The maximum Gasteiger partial charge on any atom is 0.573 e. The van der Waals surface area contributed by atoms with Gasteiger partial charge in [-0.25, -0.2) is 0 Å². The molecule has 0 spiro atoms. The summed E-state index contributed by atoms with van der Waals surface area (Å²) in [5, 5.41) is 8.81. The van der Waals surface area contributed by atoms with Crippen LogP contribution >= 0.6 is 0 Å². The molecule has 7 heteroatoms. The lowest BCUT2D eigenvalue weighted by Gasteiger charge is -2.14. The Morgan fingerprint density at radius 2 is 2.05 bits per heavy atom. The second kappa shape index (κ2) is 6.28. The summed E-state index contributed by atoms with van der Waals surface area (Å²) in [6, 6.07) is 4.05. The van der Waals surface area contributed by atoms with E-state index in [2.05, 4.69) is 4.74 Å². The van der Waals surface area contributed by atoms with Crippen LogP contribution in [0, 0.1) is 18.3 Å². The second-order valence-electron chi connectivity index (χ2n) is 3.90. The van der Waals surface area contributed by atoms with Crippen molar-refractivity contribution in [3.05, 3.63) is 28.8 Å². The Bertz CT molecular complexity index is 547. The van der Waals surface area contributed by atoms with Gasteiger partial charge in [0.1, 0.15) is 5.75 Å². The predicted molar refractivity (Wildman–Crippen MR) is 62.9 cm³/mol. The van der Waals surface area contributed by atoms with Crippen molar-refractivity contribution in [3.63, 3.8) is 0 Å². The number of carbonyl (C=O) groups is 1. The molecule has 1 rings (SSSR count). The van der Waals surface area contributed by atoms with Crippen LogP contribution in [0.2, 0.25) is 0 Å². The van der Waals surface area contributed by atoms with Gasteiger partial charge in [0.2, 0.25) is 0 Å². The normalized spacial score (nSPS) is 10.8. The molecule has 0 aliphatic heterocycles. The Balaban J connectivity index is 3.15. The smallest absolute Gasteiger partial charge is 0.466 e. The van der Waals surface area contributed by atoms with Crippen molar-refractivity contribution in [2.45, 2.75) is 26.6 Å². The lowest BCUT2D eigenvalue weighted by molar-refractivity contribution is -0.274. The average Bonchev–Trinajstić information content (AvgIpc) is 2.32. The number of ether oxygens (including phenoxy) is 2. The molecule has 0 aliphatic rings. The molecular formula is C13H12F3NO3. The lowest BCUT2D eigenvalue weighted by atomic mass is 10.0. The first-order valence-electron chi connectivity index (χ1n) is 5.71. The average molecular weight is 287 g/mol. The molecule has 0 radical (unpaired) electrons. The summed E-state index contributed by atoms with van der Waals surface area (Å²) in [6.45, 7) is 3.17. The number of nitriles is 1. The van der Waals surface area contributed by atoms with Crippen molar-refractivity contribution in [1.82, 2.24) is 0 Å². The predicted octanol–water partition coefficient (Wildman–Crippen LogP) is 2.87. The van der Waals surface area contributed by atoms with Gasteiger partial charge in [0, 0.05) is 0 Å². The highest BCUT2D eigenvalue weighted by Gasteiger charge is 2.32. The van der Waals surface area contributed by atoms with Crippen LogP contribution in [0.4, 0.5) is 13.2 Å². The molecule has 0 aliphatic carbocycles. The van der Waals surface area contributed by atoms with Crippen LogP contribution in [-0.4, -0.2) is 18.9 Å². The molecule has 0 saturated heterocycles. The van der Waals surface area contributed by atoms with Crippen molar-refractivity contribution in [1.29, 1.82) is 5.26 Å². The molecule has 0 amide bonds. The zero-order valence-electron chi connectivity index (χ0n) is 10.9. The van der Waals surface area contributed by atoms with E-state index in [-0.39, 0.29) is 29.7 Å². The van der Waals surface area contributed by atoms with E-state index in [1.54, 1.807) is 13.0 Å². The van der Waals surface area contributed by atoms with Gasteiger partial charge in [-0.15, -0.1) is 13.2 Å². The number of esters is 1. The van der Waals surface area contributed by atoms with Crippen molar-refractivity contribution < 1.29 is 27.4 Å². The quantitative estimate of drug-likeness (QED) is 0.799. The van der Waals surface area contributed by atoms with Crippen molar-refractivity contribution in [3.8, 4) is 11.8 Å². The van der Waals surface area contributed by atoms with Gasteiger partial charge in [0.15, 0.2) is 0 Å². The third kappa shape index (κ3) is 4.46. The molecule has 0 N–H and O–H groups in total. The first kappa shape index (κ1) is 15.8. The van der Waals surface area contributed by atoms with Crippen LogP contribution in [0.25, 0.3) is 0 Å². The van der Waals surface area contributed by atoms with Crippen LogP contribution in [0.1, 0.15) is 23.6 Å². The van der Waals surface area contributed by atoms with Crippen molar-refractivity contribution in [2.24, 2.45) is 0 Å². The van der Waals surface area contributed by atoms with Gasteiger partial charge in [0.05, 0.1) is 24.7 Å². The van der Waals surface area contributed by atoms with E-state index in [0.717, 1.165) is 6.07 Å². The SMILES string of the molecule is CCOC(=O)Cc1cc(C#N)cc(OC(F)(F)F)c1C. The molecule has 0 fully saturated rings. The highest BCUT2D eigenvalue weighted by molar-refractivity contribution is 5.73. The van der Waals surface area contributed by atoms with E-state index >= 15 is 0 Å². The Kier molecular flexibility index (Phi) is 4.97. The van der Waals surface area contributed by atoms with Gasteiger partial charge < -0.3 is 9.47 Å². The maximum absolute atomic E-state index is 12.3. The third-order valence-corrected chi connectivity index (χ3v) is 2.46. The molecule has 0 saturated carbocycles. The fourth-order valence-corrected chi connectivity index (χ4v) is 1.59. The molecule has 0 unspecified atom stereocenters. The number of alkyl halides is 3. The number of halogens is 3. The monoisotopic (exact) mass is 287 g/mol. The summed E-state index contributed by atoms with van der Waals surface area (Å²) in [5.74, 6) is -1.07. The summed E-state index contributed by atoms with van der Waals surface area (Å²) in [6.07, 6.45) is -5.08. The highest BCUT2D eigenvalue weighted by Crippen LogP contribution is 2.29. The Morgan fingerprint density at radius 1 is 1.40 bits per heavy atom. The molecule has 0 heterocycles. The molecule has 1 aromatic carbocycles. The summed E-state index contributed by atoms with van der Waals surface area (Å²) < 4.78 is 45.4. The number of carbonyl (C=O) groups excluding carboxylic acids is 1. The highest BCUT2D eigenvalue weighted by atomic mass is 19.4. The van der Waals surface area contributed by atoms with Gasteiger partial charge in [0.25, 0.3) is 0 Å². The first-order chi connectivity index (χ1) is 9.26. The molecular weight excluding hydrogens is 275 g/mol. The van der Waals surface area contributed by atoms with Crippen LogP contribution < -0.4 is 4.74 Å². The van der Waals surface area contributed by atoms with Crippen molar-refractivity contribution >= 4 is 5.97 Å². The van der Waals surface area contributed by atoms with Gasteiger partial charge in [-0.3, -0.25) is 4.79 Å². The number of hydrogen-bond donors (Lipinski definition) is 0. The zero-order chi connectivity index (χ0) is 15.3. The third-order valence-electron chi connectivity index (χ3n) is 2.46. The first-order valence-corrected chi connectivity index (χ1v) is 5.71. The summed E-state index contributed by atoms with van der Waals surface area (Å²) in [7, 11) is 0. The minimum absolute atomic E-state index is 0.0193. The number of benzene rings is 1. The van der Waals surface area contributed by atoms with Crippen LogP contribution in [0.15, 0.2) is 12.1 Å². The molecule has 0 aromatic heterocycles. The van der Waals surface area contributed by atoms with E-state index < -0.39 is 18.1 Å². The fraction of sp³-hybridized carbons (Fsp3) is 0.385. The molecule has 1 aromatic rings. The van der Waals surface area contributed by atoms with Crippen LogP contribution in [0.3, 0.4) is 0 Å². The van der Waals surface area contributed by atoms with Gasteiger partial charge in [-0.2, -0.15) is 5.26 Å². The minimum atomic E-state index is -4.86. The Morgan fingerprint density at radius 3 is 2.55 bits per heavy atom. The van der Waals surface area contributed by atoms with Gasteiger partial charge in [-0.1, -0.05) is 0 Å². The van der Waals surface area contributed by atoms with E-state index in [9.17, 15) is 18.0 Å². The van der Waals surface area contributed by atoms with Crippen molar-refractivity contribution in [2.75, 3.05) is 6.61 Å². The number of hydrogen-bond acceptors (Lipinski definition) is 4. The number of rotatable bonds is 4. The van der Waals surface area contributed by atoms with E-state index in [4.69, 9.17) is 10.00 Å². The molecule has 4 nitrogen and oxygen atoms in total. The van der Waals surface area contributed by atoms with Crippen LogP contribution in [0.5, 0.6) is 5.75 Å². The van der Waals surface area contributed by atoms with E-state index in [0.29, 0.717) is 0 Å².